The Morgan fingerprint density at radius 3 is 2.85 bits per heavy atom. The Hall–Kier alpha value is -1.55. The van der Waals surface area contributed by atoms with Gasteiger partial charge in [0.05, 0.1) is 5.52 Å². The van der Waals surface area contributed by atoms with Gasteiger partial charge in [-0.05, 0) is 6.07 Å². The standard InChI is InChI=1S/C8H6ClN3O/c9-12-6-4-2-1-3-5(6)7(11-12)8(10)13/h1-4H,(H2,10,13). The molecule has 0 saturated heterocycles. The average Bonchev–Trinajstić information content (AvgIpc) is 2.45. The lowest BCUT2D eigenvalue weighted by atomic mass is 10.2. The van der Waals surface area contributed by atoms with Crippen LogP contribution in [0.5, 0.6) is 0 Å². The molecule has 1 heterocycles. The lowest BCUT2D eigenvalue weighted by Gasteiger charge is -1.88. The van der Waals surface area contributed by atoms with E-state index in [-0.39, 0.29) is 5.69 Å². The molecule has 66 valence electrons. The van der Waals surface area contributed by atoms with Crippen LogP contribution in [0.25, 0.3) is 10.9 Å². The summed E-state index contributed by atoms with van der Waals surface area (Å²) in [5.41, 5.74) is 6.00. The second kappa shape index (κ2) is 2.74. The summed E-state index contributed by atoms with van der Waals surface area (Å²) < 4.78 is 1.12. The number of carbonyl (C=O) groups is 1. The van der Waals surface area contributed by atoms with Crippen molar-refractivity contribution in [3.8, 4) is 0 Å². The first-order valence-electron chi connectivity index (χ1n) is 3.64. The third-order valence-electron chi connectivity index (χ3n) is 1.78. The van der Waals surface area contributed by atoms with Gasteiger partial charge in [-0.15, -0.1) is 0 Å². The van der Waals surface area contributed by atoms with Crippen LogP contribution in [0.1, 0.15) is 10.5 Å². The number of nitrogens with zero attached hydrogens (tertiary/aromatic N) is 2. The van der Waals surface area contributed by atoms with Crippen LogP contribution in [-0.4, -0.2) is 15.2 Å². The number of nitrogens with two attached hydrogens (primary N) is 1. The molecular weight excluding hydrogens is 190 g/mol. The fourth-order valence-electron chi connectivity index (χ4n) is 1.21. The van der Waals surface area contributed by atoms with E-state index in [0.717, 1.165) is 4.20 Å². The summed E-state index contributed by atoms with van der Waals surface area (Å²) in [5.74, 6) is -0.574. The van der Waals surface area contributed by atoms with Gasteiger partial charge < -0.3 is 5.73 Å². The molecule has 0 aliphatic heterocycles. The minimum absolute atomic E-state index is 0.200. The van der Waals surface area contributed by atoms with Gasteiger partial charge in [0.15, 0.2) is 5.69 Å². The lowest BCUT2D eigenvalue weighted by molar-refractivity contribution is 0.0997. The predicted octanol–water partition coefficient (Wildman–Crippen LogP) is 1.14. The van der Waals surface area contributed by atoms with Crippen LogP contribution < -0.4 is 5.73 Å². The molecule has 0 aliphatic rings. The van der Waals surface area contributed by atoms with Crippen LogP contribution in [0.3, 0.4) is 0 Å². The van der Waals surface area contributed by atoms with Crippen LogP contribution in [0, 0.1) is 0 Å². The summed E-state index contributed by atoms with van der Waals surface area (Å²) in [6, 6.07) is 7.13. The molecule has 13 heavy (non-hydrogen) atoms. The minimum Gasteiger partial charge on any atom is -0.364 e. The highest BCUT2D eigenvalue weighted by molar-refractivity contribution is 6.19. The quantitative estimate of drug-likeness (QED) is 0.742. The molecule has 1 amide bonds. The molecule has 1 aromatic carbocycles. The summed E-state index contributed by atoms with van der Waals surface area (Å²) >= 11 is 5.72. The Morgan fingerprint density at radius 2 is 2.15 bits per heavy atom. The number of aromatic nitrogens is 2. The van der Waals surface area contributed by atoms with E-state index in [9.17, 15) is 4.79 Å². The number of hydrogen-bond donors (Lipinski definition) is 1. The molecule has 0 atom stereocenters. The molecule has 1 aromatic heterocycles. The van der Waals surface area contributed by atoms with Crippen LogP contribution in [0.2, 0.25) is 0 Å². The highest BCUT2D eigenvalue weighted by Gasteiger charge is 2.12. The van der Waals surface area contributed by atoms with Gasteiger partial charge in [0.2, 0.25) is 0 Å². The largest absolute Gasteiger partial charge is 0.364 e. The molecule has 4 nitrogen and oxygen atoms in total. The molecule has 0 radical (unpaired) electrons. The third-order valence-corrected chi connectivity index (χ3v) is 2.04. The first-order chi connectivity index (χ1) is 6.20. The highest BCUT2D eigenvalue weighted by Crippen LogP contribution is 2.18. The SMILES string of the molecule is NC(=O)c1nn(Cl)c2ccccc12. The van der Waals surface area contributed by atoms with E-state index < -0.39 is 5.91 Å². The average molecular weight is 196 g/mol. The van der Waals surface area contributed by atoms with Crippen molar-refractivity contribution in [2.45, 2.75) is 0 Å². The topological polar surface area (TPSA) is 60.9 Å². The molecule has 5 heteroatoms. The van der Waals surface area contributed by atoms with Gasteiger partial charge in [0.25, 0.3) is 5.91 Å². The number of hydrogen-bond acceptors (Lipinski definition) is 2. The monoisotopic (exact) mass is 195 g/mol. The molecule has 0 unspecified atom stereocenters. The number of amides is 1. The smallest absolute Gasteiger partial charge is 0.269 e. The van der Waals surface area contributed by atoms with Gasteiger partial charge in [-0.1, -0.05) is 18.2 Å². The van der Waals surface area contributed by atoms with Crippen molar-refractivity contribution in [3.63, 3.8) is 0 Å². The first-order valence-corrected chi connectivity index (χ1v) is 3.97. The van der Waals surface area contributed by atoms with Crippen LogP contribution in [-0.2, 0) is 0 Å². The Labute approximate surface area is 79.0 Å². The lowest BCUT2D eigenvalue weighted by Crippen LogP contribution is -2.11. The maximum Gasteiger partial charge on any atom is 0.269 e. The van der Waals surface area contributed by atoms with E-state index in [1.807, 2.05) is 6.07 Å². The fourth-order valence-corrected chi connectivity index (χ4v) is 1.44. The number of fused-ring (bicyclic) bond motifs is 1. The van der Waals surface area contributed by atoms with Gasteiger partial charge in [-0.2, -0.15) is 9.30 Å². The van der Waals surface area contributed by atoms with Gasteiger partial charge in [0.1, 0.15) is 0 Å². The zero-order valence-corrected chi connectivity index (χ0v) is 7.32. The Balaban J connectivity index is 2.85. The second-order valence-electron chi connectivity index (χ2n) is 2.59. The molecule has 2 rings (SSSR count). The zero-order chi connectivity index (χ0) is 9.42. The molecule has 0 spiro atoms. The molecular formula is C8H6ClN3O. The molecule has 2 N–H and O–H groups in total. The van der Waals surface area contributed by atoms with Crippen molar-refractivity contribution in [1.82, 2.24) is 9.30 Å². The molecule has 0 bridgehead atoms. The molecule has 0 aliphatic carbocycles. The number of para-hydroxylation sites is 1. The normalized spacial score (nSPS) is 10.5. The van der Waals surface area contributed by atoms with Crippen molar-refractivity contribution < 1.29 is 4.79 Å². The van der Waals surface area contributed by atoms with E-state index in [1.165, 1.54) is 0 Å². The zero-order valence-electron chi connectivity index (χ0n) is 6.57. The third kappa shape index (κ3) is 1.15. The summed E-state index contributed by atoms with van der Waals surface area (Å²) in [6.07, 6.45) is 0. The van der Waals surface area contributed by atoms with Crippen molar-refractivity contribution in [1.29, 1.82) is 0 Å². The Bertz CT molecular complexity index is 477. The van der Waals surface area contributed by atoms with E-state index >= 15 is 0 Å². The molecule has 0 fully saturated rings. The van der Waals surface area contributed by atoms with Gasteiger partial charge in [0, 0.05) is 17.2 Å². The van der Waals surface area contributed by atoms with Gasteiger partial charge in [-0.3, -0.25) is 4.79 Å². The number of benzene rings is 1. The second-order valence-corrected chi connectivity index (χ2v) is 2.91. The van der Waals surface area contributed by atoms with E-state index in [0.29, 0.717) is 10.9 Å². The summed E-state index contributed by atoms with van der Waals surface area (Å²) in [7, 11) is 0. The number of carbonyl (C=O) groups excluding carboxylic acids is 1. The molecule has 0 saturated carbocycles. The number of rotatable bonds is 1. The highest BCUT2D eigenvalue weighted by atomic mass is 35.5. The summed E-state index contributed by atoms with van der Waals surface area (Å²) in [6.45, 7) is 0. The van der Waals surface area contributed by atoms with E-state index in [1.54, 1.807) is 18.2 Å². The predicted molar refractivity (Wildman–Crippen MR) is 49.5 cm³/mol. The van der Waals surface area contributed by atoms with Crippen molar-refractivity contribution in [2.24, 2.45) is 5.73 Å². The van der Waals surface area contributed by atoms with Crippen LogP contribution >= 0.6 is 11.8 Å². The van der Waals surface area contributed by atoms with Crippen molar-refractivity contribution >= 4 is 28.6 Å². The maximum absolute atomic E-state index is 10.9. The fraction of sp³-hybridized carbons (Fsp3) is 0. The number of primary amides is 1. The Kier molecular flexibility index (Phi) is 1.70. The maximum atomic E-state index is 10.9. The summed E-state index contributed by atoms with van der Waals surface area (Å²) in [4.78, 5) is 10.9. The van der Waals surface area contributed by atoms with E-state index in [4.69, 9.17) is 17.5 Å². The van der Waals surface area contributed by atoms with Gasteiger partial charge in [-0.25, -0.2) is 0 Å². The van der Waals surface area contributed by atoms with Crippen molar-refractivity contribution in [2.75, 3.05) is 0 Å². The Morgan fingerprint density at radius 1 is 1.46 bits per heavy atom. The van der Waals surface area contributed by atoms with Crippen LogP contribution in [0.4, 0.5) is 0 Å². The number of halogens is 1. The van der Waals surface area contributed by atoms with Gasteiger partial charge >= 0.3 is 0 Å². The van der Waals surface area contributed by atoms with Crippen LogP contribution in [0.15, 0.2) is 24.3 Å². The minimum atomic E-state index is -0.574. The van der Waals surface area contributed by atoms with Crippen molar-refractivity contribution in [3.05, 3.63) is 30.0 Å². The first kappa shape index (κ1) is 8.07. The molecule has 2 aromatic rings. The van der Waals surface area contributed by atoms with E-state index in [2.05, 4.69) is 5.10 Å². The summed E-state index contributed by atoms with van der Waals surface area (Å²) in [5, 5.41) is 4.47.